The molecule has 0 radical (unpaired) electrons. The summed E-state index contributed by atoms with van der Waals surface area (Å²) in [7, 11) is -3.89. The smallest absolute Gasteiger partial charge is 0.243 e. The van der Waals surface area contributed by atoms with Crippen LogP contribution in [0.25, 0.3) is 0 Å². The first-order valence-electron chi connectivity index (χ1n) is 7.89. The normalized spacial score (nSPS) is 16.8. The average Bonchev–Trinajstić information content (AvgIpc) is 2.60. The molecule has 3 rings (SSSR count). The molecular weight excluding hydrogens is 433 g/mol. The van der Waals surface area contributed by atoms with Crippen LogP contribution in [0, 0.1) is 17.5 Å². The molecule has 0 amide bonds. The van der Waals surface area contributed by atoms with Crippen LogP contribution < -0.4 is 0 Å². The summed E-state index contributed by atoms with van der Waals surface area (Å²) in [5.74, 6) is -2.61. The fraction of sp³-hybridized carbons (Fsp3) is 0.294. The maximum atomic E-state index is 13.9. The number of halogens is 4. The SMILES string of the molecule is O=S(=O)(c1ccc(F)c(F)c1)N1CCN(Cc2ccc(Br)cc2F)CC1. The van der Waals surface area contributed by atoms with E-state index in [4.69, 9.17) is 0 Å². The lowest BCUT2D eigenvalue weighted by molar-refractivity contribution is 0.180. The van der Waals surface area contributed by atoms with Crippen molar-refractivity contribution in [1.29, 1.82) is 0 Å². The molecule has 2 aromatic carbocycles. The molecule has 0 spiro atoms. The summed E-state index contributed by atoms with van der Waals surface area (Å²) >= 11 is 3.21. The molecular formula is C17H16BrF3N2O2S. The van der Waals surface area contributed by atoms with E-state index in [-0.39, 0.29) is 23.8 Å². The van der Waals surface area contributed by atoms with Crippen LogP contribution in [0.5, 0.6) is 0 Å². The number of hydrogen-bond donors (Lipinski definition) is 0. The zero-order chi connectivity index (χ0) is 18.9. The van der Waals surface area contributed by atoms with Crippen molar-refractivity contribution in [2.75, 3.05) is 26.2 Å². The molecule has 1 aliphatic heterocycles. The maximum absolute atomic E-state index is 13.9. The molecule has 0 N–H and O–H groups in total. The third-order valence-corrected chi connectivity index (χ3v) is 6.66. The topological polar surface area (TPSA) is 40.6 Å². The molecule has 0 aromatic heterocycles. The third kappa shape index (κ3) is 4.11. The first kappa shape index (κ1) is 19.3. The van der Waals surface area contributed by atoms with E-state index in [0.717, 1.165) is 12.1 Å². The molecule has 9 heteroatoms. The van der Waals surface area contributed by atoms with E-state index in [1.165, 1.54) is 10.4 Å². The fourth-order valence-electron chi connectivity index (χ4n) is 2.81. The van der Waals surface area contributed by atoms with Gasteiger partial charge in [-0.1, -0.05) is 22.0 Å². The predicted octanol–water partition coefficient (Wildman–Crippen LogP) is 3.37. The lowest BCUT2D eigenvalue weighted by Gasteiger charge is -2.34. The highest BCUT2D eigenvalue weighted by atomic mass is 79.9. The van der Waals surface area contributed by atoms with Crippen molar-refractivity contribution in [3.8, 4) is 0 Å². The van der Waals surface area contributed by atoms with Crippen LogP contribution >= 0.6 is 15.9 Å². The summed E-state index contributed by atoms with van der Waals surface area (Å²) in [4.78, 5) is 1.67. The van der Waals surface area contributed by atoms with Crippen molar-refractivity contribution < 1.29 is 21.6 Å². The van der Waals surface area contributed by atoms with Crippen LogP contribution in [0.2, 0.25) is 0 Å². The van der Waals surface area contributed by atoms with Gasteiger partial charge < -0.3 is 0 Å². The second-order valence-corrected chi connectivity index (χ2v) is 8.85. The fourth-order valence-corrected chi connectivity index (χ4v) is 4.57. The third-order valence-electron chi connectivity index (χ3n) is 4.27. The molecule has 1 fully saturated rings. The number of sulfonamides is 1. The van der Waals surface area contributed by atoms with Crippen molar-refractivity contribution in [2.24, 2.45) is 0 Å². The van der Waals surface area contributed by atoms with Gasteiger partial charge in [0.1, 0.15) is 5.82 Å². The van der Waals surface area contributed by atoms with E-state index in [2.05, 4.69) is 15.9 Å². The maximum Gasteiger partial charge on any atom is 0.243 e. The largest absolute Gasteiger partial charge is 0.296 e. The Hall–Kier alpha value is -1.42. The van der Waals surface area contributed by atoms with Gasteiger partial charge in [0.15, 0.2) is 11.6 Å². The van der Waals surface area contributed by atoms with Gasteiger partial charge in [0.25, 0.3) is 0 Å². The number of nitrogens with zero attached hydrogens (tertiary/aromatic N) is 2. The van der Waals surface area contributed by atoms with Gasteiger partial charge in [-0.2, -0.15) is 4.31 Å². The number of benzene rings is 2. The van der Waals surface area contributed by atoms with Crippen LogP contribution in [0.15, 0.2) is 45.8 Å². The first-order valence-corrected chi connectivity index (χ1v) is 10.1. The Kier molecular flexibility index (Phi) is 5.71. The Labute approximate surface area is 158 Å². The molecule has 1 aliphatic rings. The lowest BCUT2D eigenvalue weighted by atomic mass is 10.2. The van der Waals surface area contributed by atoms with Crippen LogP contribution in [-0.2, 0) is 16.6 Å². The quantitative estimate of drug-likeness (QED) is 0.719. The van der Waals surface area contributed by atoms with Crippen molar-refractivity contribution in [3.63, 3.8) is 0 Å². The standard InChI is InChI=1S/C17H16BrF3N2O2S/c18-13-2-1-12(16(20)9-13)11-22-5-7-23(8-6-22)26(24,25)14-3-4-15(19)17(21)10-14/h1-4,9-10H,5-8,11H2. The van der Waals surface area contributed by atoms with Gasteiger partial charge >= 0.3 is 0 Å². The Bertz CT molecular complexity index is 916. The number of piperazine rings is 1. The van der Waals surface area contributed by atoms with Crippen LogP contribution in [0.4, 0.5) is 13.2 Å². The van der Waals surface area contributed by atoms with E-state index in [1.54, 1.807) is 12.1 Å². The molecule has 0 bridgehead atoms. The Morgan fingerprint density at radius 2 is 1.58 bits per heavy atom. The van der Waals surface area contributed by atoms with Crippen molar-refractivity contribution in [2.45, 2.75) is 11.4 Å². The van der Waals surface area contributed by atoms with E-state index >= 15 is 0 Å². The van der Waals surface area contributed by atoms with Gasteiger partial charge in [-0.3, -0.25) is 4.90 Å². The molecule has 0 saturated carbocycles. The minimum Gasteiger partial charge on any atom is -0.296 e. The first-order chi connectivity index (χ1) is 12.3. The molecule has 1 heterocycles. The van der Waals surface area contributed by atoms with Gasteiger partial charge in [-0.25, -0.2) is 21.6 Å². The van der Waals surface area contributed by atoms with Crippen molar-refractivity contribution >= 4 is 26.0 Å². The molecule has 0 atom stereocenters. The molecule has 4 nitrogen and oxygen atoms in total. The minimum atomic E-state index is -3.89. The van der Waals surface area contributed by atoms with Gasteiger partial charge in [0.2, 0.25) is 10.0 Å². The molecule has 2 aromatic rings. The summed E-state index contributed by atoms with van der Waals surface area (Å²) in [5.41, 5.74) is 0.533. The Balaban J connectivity index is 1.66. The summed E-state index contributed by atoms with van der Waals surface area (Å²) in [6, 6.07) is 7.37. The van der Waals surface area contributed by atoms with E-state index in [9.17, 15) is 21.6 Å². The second-order valence-electron chi connectivity index (χ2n) is 5.99. The molecule has 0 aliphatic carbocycles. The predicted molar refractivity (Wildman–Crippen MR) is 94.5 cm³/mol. The average molecular weight is 449 g/mol. The minimum absolute atomic E-state index is 0.194. The zero-order valence-corrected chi connectivity index (χ0v) is 16.0. The van der Waals surface area contributed by atoms with Crippen LogP contribution in [-0.4, -0.2) is 43.8 Å². The van der Waals surface area contributed by atoms with Crippen molar-refractivity contribution in [1.82, 2.24) is 9.21 Å². The van der Waals surface area contributed by atoms with Gasteiger partial charge in [0.05, 0.1) is 4.90 Å². The highest BCUT2D eigenvalue weighted by molar-refractivity contribution is 9.10. The summed E-state index contributed by atoms with van der Waals surface area (Å²) in [6.07, 6.45) is 0. The van der Waals surface area contributed by atoms with Gasteiger partial charge in [0, 0.05) is 42.8 Å². The van der Waals surface area contributed by atoms with Crippen LogP contribution in [0.3, 0.4) is 0 Å². The zero-order valence-electron chi connectivity index (χ0n) is 13.6. The van der Waals surface area contributed by atoms with Gasteiger partial charge in [-0.15, -0.1) is 0 Å². The van der Waals surface area contributed by atoms with E-state index in [1.807, 2.05) is 4.90 Å². The van der Waals surface area contributed by atoms with Crippen LogP contribution in [0.1, 0.15) is 5.56 Å². The van der Waals surface area contributed by atoms with Gasteiger partial charge in [-0.05, 0) is 30.3 Å². The lowest BCUT2D eigenvalue weighted by Crippen LogP contribution is -2.48. The Morgan fingerprint density at radius 3 is 2.19 bits per heavy atom. The summed E-state index contributed by atoms with van der Waals surface area (Å²) in [6.45, 7) is 1.59. The highest BCUT2D eigenvalue weighted by Gasteiger charge is 2.29. The molecule has 0 unspecified atom stereocenters. The van der Waals surface area contributed by atoms with E-state index < -0.39 is 21.7 Å². The second kappa shape index (κ2) is 7.67. The van der Waals surface area contributed by atoms with E-state index in [0.29, 0.717) is 35.7 Å². The Morgan fingerprint density at radius 1 is 0.885 bits per heavy atom. The summed E-state index contributed by atoms with van der Waals surface area (Å²) in [5, 5.41) is 0. The number of rotatable bonds is 4. The van der Waals surface area contributed by atoms with Crippen molar-refractivity contribution in [3.05, 3.63) is 63.9 Å². The number of hydrogen-bond acceptors (Lipinski definition) is 3. The molecule has 26 heavy (non-hydrogen) atoms. The summed E-state index contributed by atoms with van der Waals surface area (Å²) < 4.78 is 67.3. The molecule has 1 saturated heterocycles. The monoisotopic (exact) mass is 448 g/mol. The molecule has 140 valence electrons. The highest BCUT2D eigenvalue weighted by Crippen LogP contribution is 2.21.